The summed E-state index contributed by atoms with van der Waals surface area (Å²) in [5.41, 5.74) is 1.52. The summed E-state index contributed by atoms with van der Waals surface area (Å²) in [4.78, 5) is 12.1. The third-order valence-electron chi connectivity index (χ3n) is 4.30. The van der Waals surface area contributed by atoms with Gasteiger partial charge in [0.1, 0.15) is 0 Å². The summed E-state index contributed by atoms with van der Waals surface area (Å²) in [5.74, 6) is -0.0702. The van der Waals surface area contributed by atoms with Gasteiger partial charge in [0.05, 0.1) is 11.9 Å². The standard InChI is InChI=1S/C17H26N2O3S/c1-14-8-6-7-11-16(14)19(23(2,21)22)13-12-17(20)18-15-9-4-3-5-10-15/h6-8,11,15H,3-5,9-10,12-13H2,1-2H3,(H,18,20). The second kappa shape index (κ2) is 7.81. The van der Waals surface area contributed by atoms with Crippen molar-refractivity contribution >= 4 is 21.6 Å². The van der Waals surface area contributed by atoms with E-state index in [1.807, 2.05) is 25.1 Å². The first-order valence-corrected chi connectivity index (χ1v) is 10.1. The van der Waals surface area contributed by atoms with Crippen molar-refractivity contribution in [3.8, 4) is 0 Å². The van der Waals surface area contributed by atoms with Crippen molar-refractivity contribution < 1.29 is 13.2 Å². The highest BCUT2D eigenvalue weighted by molar-refractivity contribution is 7.92. The number of nitrogens with zero attached hydrogens (tertiary/aromatic N) is 1. The van der Waals surface area contributed by atoms with Gasteiger partial charge in [-0.2, -0.15) is 0 Å². The molecule has 6 heteroatoms. The number of anilines is 1. The molecule has 0 atom stereocenters. The summed E-state index contributed by atoms with van der Waals surface area (Å²) < 4.78 is 25.5. The molecule has 0 heterocycles. The number of para-hydroxylation sites is 1. The van der Waals surface area contributed by atoms with Crippen molar-refractivity contribution in [2.75, 3.05) is 17.1 Å². The Morgan fingerprint density at radius 1 is 1.22 bits per heavy atom. The van der Waals surface area contributed by atoms with Crippen LogP contribution in [-0.4, -0.2) is 33.2 Å². The second-order valence-electron chi connectivity index (χ2n) is 6.27. The second-order valence-corrected chi connectivity index (χ2v) is 8.18. The predicted molar refractivity (Wildman–Crippen MR) is 93.0 cm³/mol. The number of sulfonamides is 1. The van der Waals surface area contributed by atoms with Crippen LogP contribution in [0.15, 0.2) is 24.3 Å². The molecule has 5 nitrogen and oxygen atoms in total. The number of hydrogen-bond donors (Lipinski definition) is 1. The van der Waals surface area contributed by atoms with Gasteiger partial charge in [-0.15, -0.1) is 0 Å². The molecule has 0 bridgehead atoms. The highest BCUT2D eigenvalue weighted by Crippen LogP contribution is 2.22. The number of benzene rings is 1. The highest BCUT2D eigenvalue weighted by atomic mass is 32.2. The zero-order valence-electron chi connectivity index (χ0n) is 13.9. The Morgan fingerprint density at radius 3 is 2.48 bits per heavy atom. The molecule has 1 aromatic carbocycles. The Hall–Kier alpha value is -1.56. The van der Waals surface area contributed by atoms with Gasteiger partial charge in [-0.25, -0.2) is 8.42 Å². The van der Waals surface area contributed by atoms with Crippen molar-refractivity contribution in [3.63, 3.8) is 0 Å². The van der Waals surface area contributed by atoms with Crippen molar-refractivity contribution in [3.05, 3.63) is 29.8 Å². The van der Waals surface area contributed by atoms with Crippen molar-refractivity contribution in [2.24, 2.45) is 0 Å². The highest BCUT2D eigenvalue weighted by Gasteiger charge is 2.21. The molecule has 0 aliphatic heterocycles. The SMILES string of the molecule is Cc1ccccc1N(CCC(=O)NC1CCCCC1)S(C)(=O)=O. The van der Waals surface area contributed by atoms with Crippen LogP contribution in [0.3, 0.4) is 0 Å². The van der Waals surface area contributed by atoms with Crippen LogP contribution in [0.1, 0.15) is 44.1 Å². The molecule has 0 saturated heterocycles. The topological polar surface area (TPSA) is 66.5 Å². The molecule has 0 unspecified atom stereocenters. The van der Waals surface area contributed by atoms with Crippen LogP contribution in [0.25, 0.3) is 0 Å². The van der Waals surface area contributed by atoms with Gasteiger partial charge in [-0.05, 0) is 31.4 Å². The molecular weight excluding hydrogens is 312 g/mol. The van der Waals surface area contributed by atoms with Crippen LogP contribution in [0.5, 0.6) is 0 Å². The molecule has 0 radical (unpaired) electrons. The molecule has 1 saturated carbocycles. The fourth-order valence-electron chi connectivity index (χ4n) is 3.06. The maximum atomic E-state index is 12.1. The summed E-state index contributed by atoms with van der Waals surface area (Å²) in [6.45, 7) is 2.04. The average Bonchev–Trinajstić information content (AvgIpc) is 2.49. The minimum atomic E-state index is -3.42. The zero-order chi connectivity index (χ0) is 16.9. The van der Waals surface area contributed by atoms with Crippen LogP contribution >= 0.6 is 0 Å². The number of nitrogens with one attached hydrogen (secondary N) is 1. The first-order valence-electron chi connectivity index (χ1n) is 8.20. The van der Waals surface area contributed by atoms with E-state index in [0.717, 1.165) is 31.2 Å². The molecule has 0 aromatic heterocycles. The first kappa shape index (κ1) is 17.8. The Bertz CT molecular complexity index is 637. The van der Waals surface area contributed by atoms with Crippen LogP contribution in [-0.2, 0) is 14.8 Å². The number of rotatable bonds is 6. The van der Waals surface area contributed by atoms with Gasteiger partial charge in [-0.3, -0.25) is 9.10 Å². The van der Waals surface area contributed by atoms with E-state index in [9.17, 15) is 13.2 Å². The number of amides is 1. The molecule has 128 valence electrons. The molecule has 1 aliphatic carbocycles. The third-order valence-corrected chi connectivity index (χ3v) is 5.48. The van der Waals surface area contributed by atoms with Gasteiger partial charge in [0.15, 0.2) is 0 Å². The Balaban J connectivity index is 1.99. The summed E-state index contributed by atoms with van der Waals surface area (Å²) >= 11 is 0. The molecule has 1 aromatic rings. The Labute approximate surface area is 139 Å². The molecule has 1 N–H and O–H groups in total. The summed E-state index contributed by atoms with van der Waals surface area (Å²) in [7, 11) is -3.42. The molecule has 1 fully saturated rings. The summed E-state index contributed by atoms with van der Waals surface area (Å²) in [6, 6.07) is 7.57. The maximum absolute atomic E-state index is 12.1. The largest absolute Gasteiger partial charge is 0.353 e. The number of hydrogen-bond acceptors (Lipinski definition) is 3. The van der Waals surface area contributed by atoms with E-state index in [-0.39, 0.29) is 24.9 Å². The molecular formula is C17H26N2O3S. The fraction of sp³-hybridized carbons (Fsp3) is 0.588. The number of carbonyl (C=O) groups excluding carboxylic acids is 1. The lowest BCUT2D eigenvalue weighted by Gasteiger charge is -2.25. The van der Waals surface area contributed by atoms with Crippen LogP contribution in [0.2, 0.25) is 0 Å². The van der Waals surface area contributed by atoms with Gasteiger partial charge in [0.25, 0.3) is 0 Å². The smallest absolute Gasteiger partial charge is 0.232 e. The van der Waals surface area contributed by atoms with E-state index < -0.39 is 10.0 Å². The van der Waals surface area contributed by atoms with Gasteiger partial charge < -0.3 is 5.32 Å². The van der Waals surface area contributed by atoms with Crippen molar-refractivity contribution in [1.82, 2.24) is 5.32 Å². The van der Waals surface area contributed by atoms with Gasteiger partial charge in [0.2, 0.25) is 15.9 Å². The minimum Gasteiger partial charge on any atom is -0.353 e. The first-order chi connectivity index (χ1) is 10.9. The molecule has 0 spiro atoms. The van der Waals surface area contributed by atoms with Crippen LogP contribution in [0, 0.1) is 6.92 Å². The van der Waals surface area contributed by atoms with E-state index in [1.165, 1.54) is 17.0 Å². The van der Waals surface area contributed by atoms with E-state index in [0.29, 0.717) is 5.69 Å². The van der Waals surface area contributed by atoms with Crippen molar-refractivity contribution in [2.45, 2.75) is 51.5 Å². The normalized spacial score (nSPS) is 16.1. The average molecular weight is 338 g/mol. The third kappa shape index (κ3) is 5.23. The van der Waals surface area contributed by atoms with Gasteiger partial charge in [0, 0.05) is 19.0 Å². The summed E-state index contributed by atoms with van der Waals surface area (Å²) in [5, 5.41) is 3.03. The lowest BCUT2D eigenvalue weighted by atomic mass is 9.95. The molecule has 1 amide bonds. The van der Waals surface area contributed by atoms with Crippen molar-refractivity contribution in [1.29, 1.82) is 0 Å². The maximum Gasteiger partial charge on any atom is 0.232 e. The Morgan fingerprint density at radius 2 is 1.87 bits per heavy atom. The Kier molecular flexibility index (Phi) is 6.04. The van der Waals surface area contributed by atoms with E-state index >= 15 is 0 Å². The predicted octanol–water partition coefficient (Wildman–Crippen LogP) is 2.60. The summed E-state index contributed by atoms with van der Waals surface area (Å²) in [6.07, 6.45) is 6.96. The number of carbonyl (C=O) groups is 1. The van der Waals surface area contributed by atoms with Crippen LogP contribution in [0.4, 0.5) is 5.69 Å². The quantitative estimate of drug-likeness (QED) is 0.867. The molecule has 23 heavy (non-hydrogen) atoms. The van der Waals surface area contributed by atoms with E-state index in [1.54, 1.807) is 6.07 Å². The minimum absolute atomic E-state index is 0.0702. The van der Waals surface area contributed by atoms with Gasteiger partial charge in [-0.1, -0.05) is 37.5 Å². The lowest BCUT2D eigenvalue weighted by molar-refractivity contribution is -0.121. The zero-order valence-corrected chi connectivity index (χ0v) is 14.7. The number of aryl methyl sites for hydroxylation is 1. The van der Waals surface area contributed by atoms with Crippen LogP contribution < -0.4 is 9.62 Å². The fourth-order valence-corrected chi connectivity index (χ4v) is 4.04. The van der Waals surface area contributed by atoms with Gasteiger partial charge >= 0.3 is 0 Å². The lowest BCUT2D eigenvalue weighted by Crippen LogP contribution is -2.39. The van der Waals surface area contributed by atoms with E-state index in [2.05, 4.69) is 5.32 Å². The molecule has 2 rings (SSSR count). The monoisotopic (exact) mass is 338 g/mol. The molecule has 1 aliphatic rings. The van der Waals surface area contributed by atoms with E-state index in [4.69, 9.17) is 0 Å².